The van der Waals surface area contributed by atoms with E-state index in [-0.39, 0.29) is 51.4 Å². The molecule has 1 rings (SSSR count). The third-order valence-corrected chi connectivity index (χ3v) is 0.670. The van der Waals surface area contributed by atoms with E-state index in [1.807, 2.05) is 0 Å². The second kappa shape index (κ2) is 4.71. The molecule has 1 N–H and O–H groups in total. The summed E-state index contributed by atoms with van der Waals surface area (Å²) in [5.74, 6) is 0. The number of nitrogens with zero attached hydrogens (tertiary/aromatic N) is 1. The predicted molar refractivity (Wildman–Crippen MR) is 21.1 cm³/mol. The summed E-state index contributed by atoms with van der Waals surface area (Å²) in [5, 5.41) is 7.03. The first-order chi connectivity index (χ1) is 2.50. The van der Waals surface area contributed by atoms with Gasteiger partial charge >= 0.3 is 51.4 Å². The second-order valence-electron chi connectivity index (χ2n) is 1.11. The molecule has 1 fully saturated rings. The smallest absolute Gasteiger partial charge is 0.649 e. The van der Waals surface area contributed by atoms with Gasteiger partial charge in [-0.3, -0.25) is 0 Å². The molecule has 30 valence electrons. The zero-order chi connectivity index (χ0) is 3.54. The summed E-state index contributed by atoms with van der Waals surface area (Å²) in [4.78, 5) is 0. The van der Waals surface area contributed by atoms with E-state index in [0.29, 0.717) is 0 Å². The Hall–Kier alpha value is 1.56. The molecule has 6 heavy (non-hydrogen) atoms. The molecule has 1 aliphatic heterocycles. The average molecular weight is 110 g/mol. The second-order valence-corrected chi connectivity index (χ2v) is 1.11. The van der Waals surface area contributed by atoms with Gasteiger partial charge in [0, 0.05) is 0 Å². The molecule has 1 heterocycles. The van der Waals surface area contributed by atoms with Gasteiger partial charge in [0.25, 0.3) is 0 Å². The zero-order valence-electron chi connectivity index (χ0n) is 4.07. The van der Waals surface area contributed by atoms with Crippen molar-refractivity contribution in [2.24, 2.45) is 0 Å². The van der Waals surface area contributed by atoms with E-state index in [2.05, 4.69) is 10.6 Å². The van der Waals surface area contributed by atoms with E-state index in [4.69, 9.17) is 0 Å². The van der Waals surface area contributed by atoms with Crippen molar-refractivity contribution < 1.29 is 51.4 Å². The molecule has 0 unspecified atom stereocenters. The van der Waals surface area contributed by atoms with Crippen LogP contribution in [0.2, 0.25) is 0 Å². The molecule has 0 spiro atoms. The SMILES string of the molecule is C1CNC[N-]1.[K+]. The average Bonchev–Trinajstić information content (AvgIpc) is 1.76. The van der Waals surface area contributed by atoms with Crippen molar-refractivity contribution in [1.82, 2.24) is 5.32 Å². The van der Waals surface area contributed by atoms with Crippen molar-refractivity contribution in [1.29, 1.82) is 0 Å². The zero-order valence-corrected chi connectivity index (χ0v) is 7.19. The van der Waals surface area contributed by atoms with Crippen LogP contribution in [0.3, 0.4) is 0 Å². The minimum atomic E-state index is 0. The van der Waals surface area contributed by atoms with E-state index in [9.17, 15) is 0 Å². The topological polar surface area (TPSA) is 26.1 Å². The van der Waals surface area contributed by atoms with Crippen LogP contribution in [0.1, 0.15) is 0 Å². The van der Waals surface area contributed by atoms with E-state index in [1.165, 1.54) is 0 Å². The Bertz CT molecular complexity index is 20.4. The number of hydrogen-bond donors (Lipinski definition) is 1. The van der Waals surface area contributed by atoms with Gasteiger partial charge in [0.2, 0.25) is 0 Å². The fourth-order valence-electron chi connectivity index (χ4n) is 0.395. The fraction of sp³-hybridized carbons (Fsp3) is 1.00. The van der Waals surface area contributed by atoms with Crippen LogP contribution >= 0.6 is 0 Å². The van der Waals surface area contributed by atoms with Crippen molar-refractivity contribution >= 4 is 0 Å². The Labute approximate surface area is 80.5 Å². The third kappa shape index (κ3) is 2.68. The van der Waals surface area contributed by atoms with E-state index >= 15 is 0 Å². The van der Waals surface area contributed by atoms with Gasteiger partial charge in [-0.1, -0.05) is 6.67 Å². The summed E-state index contributed by atoms with van der Waals surface area (Å²) >= 11 is 0. The molecule has 3 heteroatoms. The van der Waals surface area contributed by atoms with Crippen LogP contribution < -0.4 is 56.7 Å². The van der Waals surface area contributed by atoms with Crippen molar-refractivity contribution in [3.8, 4) is 0 Å². The third-order valence-electron chi connectivity index (χ3n) is 0.670. The standard InChI is InChI=1S/C3H7N2.K/c1-2-5-3-4-1;/h4H,1-3H2;/q-1;+1. The first kappa shape index (κ1) is 7.56. The monoisotopic (exact) mass is 110 g/mol. The van der Waals surface area contributed by atoms with Crippen molar-refractivity contribution in [2.75, 3.05) is 19.8 Å². The Balaban J connectivity index is 0.000000250. The quantitative estimate of drug-likeness (QED) is 0.329. The molecule has 0 radical (unpaired) electrons. The van der Waals surface area contributed by atoms with Crippen molar-refractivity contribution in [3.63, 3.8) is 0 Å². The molecule has 0 aliphatic carbocycles. The van der Waals surface area contributed by atoms with Gasteiger partial charge in [0.15, 0.2) is 0 Å². The summed E-state index contributed by atoms with van der Waals surface area (Å²) < 4.78 is 0. The van der Waals surface area contributed by atoms with Crippen molar-refractivity contribution in [2.45, 2.75) is 0 Å². The van der Waals surface area contributed by atoms with E-state index < -0.39 is 0 Å². The Kier molecular flexibility index (Phi) is 5.93. The maximum absolute atomic E-state index is 3.97. The summed E-state index contributed by atoms with van der Waals surface area (Å²) in [6.07, 6.45) is 0. The largest absolute Gasteiger partial charge is 1.00 e. The number of hydrogen-bond acceptors (Lipinski definition) is 1. The van der Waals surface area contributed by atoms with Crippen LogP contribution in [0, 0.1) is 0 Å². The van der Waals surface area contributed by atoms with Crippen LogP contribution in [-0.2, 0) is 0 Å². The molecule has 0 bridgehead atoms. The van der Waals surface area contributed by atoms with Gasteiger partial charge in [-0.2, -0.15) is 0 Å². The number of nitrogens with one attached hydrogen (secondary N) is 1. The van der Waals surface area contributed by atoms with Crippen LogP contribution in [0.5, 0.6) is 0 Å². The Morgan fingerprint density at radius 2 is 2.33 bits per heavy atom. The van der Waals surface area contributed by atoms with E-state index in [1.54, 1.807) is 0 Å². The molecule has 0 saturated carbocycles. The minimum absolute atomic E-state index is 0. The molecule has 0 aromatic carbocycles. The van der Waals surface area contributed by atoms with E-state index in [0.717, 1.165) is 19.8 Å². The van der Waals surface area contributed by atoms with Gasteiger partial charge in [-0.25, -0.2) is 0 Å². The molecule has 2 nitrogen and oxygen atoms in total. The number of rotatable bonds is 0. The first-order valence-electron chi connectivity index (χ1n) is 1.84. The van der Waals surface area contributed by atoms with Gasteiger partial charge in [0.1, 0.15) is 0 Å². The van der Waals surface area contributed by atoms with Gasteiger partial charge in [0.05, 0.1) is 0 Å². The Morgan fingerprint density at radius 3 is 2.50 bits per heavy atom. The molecule has 1 aliphatic rings. The molecule has 0 aromatic rings. The molecular weight excluding hydrogens is 103 g/mol. The summed E-state index contributed by atoms with van der Waals surface area (Å²) in [6, 6.07) is 0. The van der Waals surface area contributed by atoms with Crippen LogP contribution in [0.15, 0.2) is 0 Å². The van der Waals surface area contributed by atoms with Gasteiger partial charge in [-0.05, 0) is 6.54 Å². The molecule has 1 saturated heterocycles. The molecule has 0 atom stereocenters. The fourth-order valence-corrected chi connectivity index (χ4v) is 0.395. The maximum atomic E-state index is 3.97. The Morgan fingerprint density at radius 1 is 1.50 bits per heavy atom. The molecular formula is C3H7KN2. The minimum Gasteiger partial charge on any atom is -0.649 e. The van der Waals surface area contributed by atoms with Gasteiger partial charge in [-0.15, -0.1) is 6.54 Å². The van der Waals surface area contributed by atoms with Crippen molar-refractivity contribution in [3.05, 3.63) is 5.32 Å². The van der Waals surface area contributed by atoms with Crippen LogP contribution in [0.25, 0.3) is 5.32 Å². The summed E-state index contributed by atoms with van der Waals surface area (Å²) in [5.41, 5.74) is 0. The summed E-state index contributed by atoms with van der Waals surface area (Å²) in [6.45, 7) is 2.97. The molecule has 0 amide bonds. The normalized spacial score (nSPS) is 20.0. The van der Waals surface area contributed by atoms with Crippen LogP contribution in [-0.4, -0.2) is 19.8 Å². The summed E-state index contributed by atoms with van der Waals surface area (Å²) in [7, 11) is 0. The van der Waals surface area contributed by atoms with Crippen LogP contribution in [0.4, 0.5) is 0 Å². The van der Waals surface area contributed by atoms with Gasteiger partial charge < -0.3 is 10.6 Å². The molecule has 0 aromatic heterocycles. The first-order valence-corrected chi connectivity index (χ1v) is 1.84. The predicted octanol–water partition coefficient (Wildman–Crippen LogP) is -3.08. The maximum Gasteiger partial charge on any atom is 1.00 e.